The summed E-state index contributed by atoms with van der Waals surface area (Å²) in [6, 6.07) is 4.90. The number of hydrogen-bond donors (Lipinski definition) is 1. The van der Waals surface area contributed by atoms with Crippen molar-refractivity contribution >= 4 is 5.95 Å². The largest absolute Gasteiger partial charge is 0.418 e. The Morgan fingerprint density at radius 3 is 2.55 bits per heavy atom. The normalized spacial score (nSPS) is 11.7. The standard InChI is InChI=1S/C12H13F3N4O/c1-3-16-10-17-18(2)11(20)19(10)9-7-5-4-6-8(9)12(13,14)15/h4-7H,3H2,1-2H3,(H,16,17). The van der Waals surface area contributed by atoms with Gasteiger partial charge >= 0.3 is 11.9 Å². The summed E-state index contributed by atoms with van der Waals surface area (Å²) in [6.45, 7) is 2.20. The predicted molar refractivity (Wildman–Crippen MR) is 68.0 cm³/mol. The average molecular weight is 286 g/mol. The van der Waals surface area contributed by atoms with E-state index in [1.165, 1.54) is 25.2 Å². The van der Waals surface area contributed by atoms with Gasteiger partial charge in [0.25, 0.3) is 0 Å². The summed E-state index contributed by atoms with van der Waals surface area (Å²) >= 11 is 0. The minimum Gasteiger partial charge on any atom is -0.354 e. The fourth-order valence-electron chi connectivity index (χ4n) is 1.86. The number of aromatic nitrogens is 3. The first-order valence-electron chi connectivity index (χ1n) is 5.92. The zero-order chi connectivity index (χ0) is 14.9. The number of nitrogens with one attached hydrogen (secondary N) is 1. The number of benzene rings is 1. The van der Waals surface area contributed by atoms with E-state index in [0.717, 1.165) is 15.3 Å². The summed E-state index contributed by atoms with van der Waals surface area (Å²) in [5.74, 6) is 0.0803. The molecular weight excluding hydrogens is 273 g/mol. The second-order valence-electron chi connectivity index (χ2n) is 4.11. The predicted octanol–water partition coefficient (Wildman–Crippen LogP) is 2.02. The van der Waals surface area contributed by atoms with Crippen LogP contribution in [-0.4, -0.2) is 20.9 Å². The molecule has 2 rings (SSSR count). The van der Waals surface area contributed by atoms with E-state index in [-0.39, 0.29) is 11.6 Å². The first-order chi connectivity index (χ1) is 9.36. The Bertz CT molecular complexity index is 672. The van der Waals surface area contributed by atoms with E-state index < -0.39 is 17.4 Å². The molecular formula is C12H13F3N4O. The molecule has 1 heterocycles. The van der Waals surface area contributed by atoms with E-state index in [4.69, 9.17) is 0 Å². The maximum atomic E-state index is 13.0. The molecule has 5 nitrogen and oxygen atoms in total. The van der Waals surface area contributed by atoms with Gasteiger partial charge in [0.15, 0.2) is 0 Å². The van der Waals surface area contributed by atoms with Crippen molar-refractivity contribution in [2.45, 2.75) is 13.1 Å². The number of aryl methyl sites for hydroxylation is 1. The first-order valence-corrected chi connectivity index (χ1v) is 5.92. The molecule has 8 heteroatoms. The Balaban J connectivity index is 2.72. The number of hydrogen-bond acceptors (Lipinski definition) is 3. The molecule has 20 heavy (non-hydrogen) atoms. The van der Waals surface area contributed by atoms with Crippen LogP contribution in [0.15, 0.2) is 29.1 Å². The molecule has 0 saturated carbocycles. The van der Waals surface area contributed by atoms with E-state index in [0.29, 0.717) is 6.54 Å². The van der Waals surface area contributed by atoms with Crippen molar-refractivity contribution in [1.82, 2.24) is 14.3 Å². The second kappa shape index (κ2) is 5.03. The monoisotopic (exact) mass is 286 g/mol. The highest BCUT2D eigenvalue weighted by Gasteiger charge is 2.34. The van der Waals surface area contributed by atoms with E-state index in [1.54, 1.807) is 6.92 Å². The van der Waals surface area contributed by atoms with Crippen molar-refractivity contribution in [3.63, 3.8) is 0 Å². The smallest absolute Gasteiger partial charge is 0.354 e. The molecule has 0 fully saturated rings. The molecule has 0 radical (unpaired) electrons. The van der Waals surface area contributed by atoms with Gasteiger partial charge in [-0.05, 0) is 19.1 Å². The summed E-state index contributed by atoms with van der Waals surface area (Å²) in [5.41, 5.74) is -1.76. The Hall–Kier alpha value is -2.25. The molecule has 0 aliphatic carbocycles. The summed E-state index contributed by atoms with van der Waals surface area (Å²) in [7, 11) is 1.38. The van der Waals surface area contributed by atoms with Crippen LogP contribution in [0.3, 0.4) is 0 Å². The van der Waals surface area contributed by atoms with E-state index in [1.807, 2.05) is 0 Å². The van der Waals surface area contributed by atoms with Crippen molar-refractivity contribution in [3.8, 4) is 5.69 Å². The molecule has 0 aliphatic heterocycles. The van der Waals surface area contributed by atoms with Gasteiger partial charge in [-0.15, -0.1) is 5.10 Å². The lowest BCUT2D eigenvalue weighted by atomic mass is 10.1. The highest BCUT2D eigenvalue weighted by atomic mass is 19.4. The van der Waals surface area contributed by atoms with Crippen LogP contribution in [0.1, 0.15) is 12.5 Å². The van der Waals surface area contributed by atoms with Crippen LogP contribution in [0.5, 0.6) is 0 Å². The molecule has 1 aromatic carbocycles. The summed E-state index contributed by atoms with van der Waals surface area (Å²) < 4.78 is 41.0. The van der Waals surface area contributed by atoms with E-state index in [2.05, 4.69) is 10.4 Å². The third-order valence-electron chi connectivity index (χ3n) is 2.71. The van der Waals surface area contributed by atoms with Crippen molar-refractivity contribution in [1.29, 1.82) is 0 Å². The molecule has 108 valence electrons. The van der Waals surface area contributed by atoms with Crippen LogP contribution in [0.4, 0.5) is 19.1 Å². The van der Waals surface area contributed by atoms with Crippen LogP contribution >= 0.6 is 0 Å². The summed E-state index contributed by atoms with van der Waals surface area (Å²) in [4.78, 5) is 12.0. The van der Waals surface area contributed by atoms with Crippen LogP contribution in [0.2, 0.25) is 0 Å². The van der Waals surface area contributed by atoms with Gasteiger partial charge in [-0.2, -0.15) is 13.2 Å². The Morgan fingerprint density at radius 2 is 1.95 bits per heavy atom. The average Bonchev–Trinajstić information content (AvgIpc) is 2.64. The van der Waals surface area contributed by atoms with Crippen LogP contribution < -0.4 is 11.0 Å². The Morgan fingerprint density at radius 1 is 1.30 bits per heavy atom. The highest BCUT2D eigenvalue weighted by Crippen LogP contribution is 2.33. The minimum atomic E-state index is -4.55. The summed E-state index contributed by atoms with van der Waals surface area (Å²) in [5, 5.41) is 6.67. The van der Waals surface area contributed by atoms with Crippen LogP contribution in [0.25, 0.3) is 5.69 Å². The van der Waals surface area contributed by atoms with Gasteiger partial charge in [-0.3, -0.25) is 0 Å². The van der Waals surface area contributed by atoms with Crippen molar-refractivity contribution in [2.24, 2.45) is 7.05 Å². The van der Waals surface area contributed by atoms with Gasteiger partial charge in [-0.1, -0.05) is 12.1 Å². The lowest BCUT2D eigenvalue weighted by Gasteiger charge is -2.13. The second-order valence-corrected chi connectivity index (χ2v) is 4.11. The third-order valence-corrected chi connectivity index (χ3v) is 2.71. The topological polar surface area (TPSA) is 51.9 Å². The zero-order valence-corrected chi connectivity index (χ0v) is 10.9. The van der Waals surface area contributed by atoms with Gasteiger partial charge in [0.1, 0.15) is 0 Å². The molecule has 2 aromatic rings. The molecule has 1 N–H and O–H groups in total. The van der Waals surface area contributed by atoms with Crippen molar-refractivity contribution in [2.75, 3.05) is 11.9 Å². The van der Waals surface area contributed by atoms with Crippen LogP contribution in [-0.2, 0) is 13.2 Å². The number of halogens is 3. The fourth-order valence-corrected chi connectivity index (χ4v) is 1.86. The fraction of sp³-hybridized carbons (Fsp3) is 0.333. The van der Waals surface area contributed by atoms with E-state index in [9.17, 15) is 18.0 Å². The quantitative estimate of drug-likeness (QED) is 0.939. The lowest BCUT2D eigenvalue weighted by molar-refractivity contribution is -0.137. The molecule has 0 bridgehead atoms. The number of nitrogens with zero attached hydrogens (tertiary/aromatic N) is 3. The number of alkyl halides is 3. The van der Waals surface area contributed by atoms with Gasteiger partial charge in [-0.25, -0.2) is 14.0 Å². The maximum absolute atomic E-state index is 13.0. The van der Waals surface area contributed by atoms with Crippen LogP contribution in [0, 0.1) is 0 Å². The highest BCUT2D eigenvalue weighted by molar-refractivity contribution is 5.47. The lowest BCUT2D eigenvalue weighted by Crippen LogP contribution is -2.24. The van der Waals surface area contributed by atoms with Gasteiger partial charge in [0.2, 0.25) is 5.95 Å². The molecule has 1 aromatic heterocycles. The maximum Gasteiger partial charge on any atom is 0.418 e. The number of anilines is 1. The molecule has 0 amide bonds. The third kappa shape index (κ3) is 2.40. The van der Waals surface area contributed by atoms with Gasteiger partial charge < -0.3 is 5.32 Å². The number of rotatable bonds is 3. The minimum absolute atomic E-state index is 0.0803. The zero-order valence-electron chi connectivity index (χ0n) is 10.9. The molecule has 0 aliphatic rings. The van der Waals surface area contributed by atoms with Crippen molar-refractivity contribution in [3.05, 3.63) is 40.3 Å². The molecule has 0 spiro atoms. The summed E-state index contributed by atoms with van der Waals surface area (Å²) in [6.07, 6.45) is -4.55. The van der Waals surface area contributed by atoms with Gasteiger partial charge in [0.05, 0.1) is 11.3 Å². The molecule has 0 atom stereocenters. The van der Waals surface area contributed by atoms with E-state index >= 15 is 0 Å². The number of para-hydroxylation sites is 1. The Labute approximate surface area is 112 Å². The van der Waals surface area contributed by atoms with Crippen molar-refractivity contribution < 1.29 is 13.2 Å². The molecule has 0 saturated heterocycles. The first kappa shape index (κ1) is 14.2. The van der Waals surface area contributed by atoms with Gasteiger partial charge in [0, 0.05) is 13.6 Å². The SMILES string of the molecule is CCNc1nn(C)c(=O)n1-c1ccccc1C(F)(F)F. The molecule has 0 unspecified atom stereocenters. The Kier molecular flexibility index (Phi) is 3.56.